The molecule has 2 rings (SSSR count). The van der Waals surface area contributed by atoms with Crippen LogP contribution in [0.15, 0.2) is 18.3 Å². The zero-order valence-corrected chi connectivity index (χ0v) is 19.0. The number of halogens is 1. The van der Waals surface area contributed by atoms with Crippen LogP contribution in [0.25, 0.3) is 0 Å². The summed E-state index contributed by atoms with van der Waals surface area (Å²) in [5.41, 5.74) is 7.89. The third-order valence-corrected chi connectivity index (χ3v) is 4.49. The first-order valence-electron chi connectivity index (χ1n) is 9.84. The quantitative estimate of drug-likeness (QED) is 0.355. The molecule has 8 nitrogen and oxygen atoms in total. The molecule has 2 aromatic rings. The maximum absolute atomic E-state index is 6.13. The van der Waals surface area contributed by atoms with Gasteiger partial charge in [-0.2, -0.15) is 4.98 Å². The molecule has 9 heteroatoms. The molecule has 0 unspecified atom stereocenters. The van der Waals surface area contributed by atoms with Crippen LogP contribution in [0.4, 0.5) is 11.8 Å². The molecule has 0 saturated carbocycles. The van der Waals surface area contributed by atoms with E-state index >= 15 is 0 Å². The van der Waals surface area contributed by atoms with E-state index in [4.69, 9.17) is 24.7 Å². The Morgan fingerprint density at radius 1 is 1.00 bits per heavy atom. The average molecular weight is 441 g/mol. The molecule has 0 saturated heterocycles. The number of nitrogen functional groups attached to an aromatic ring is 1. The van der Waals surface area contributed by atoms with Crippen LogP contribution in [0.5, 0.6) is 17.2 Å². The fourth-order valence-electron chi connectivity index (χ4n) is 2.92. The average Bonchev–Trinajstić information content (AvgIpc) is 2.74. The standard InChI is InChI=1S/C21H32N4O4.ClH/c1-5-6-7-8-9-29-14-24-21-23-13-16(20(22)25-21)10-15-11-17(26-2)19(28-4)18(12-15)27-3;/h11-13H,5-10,14H2,1-4H3,(H3,22,23,24,25);1H. The smallest absolute Gasteiger partial charge is 0.226 e. The highest BCUT2D eigenvalue weighted by Gasteiger charge is 2.14. The van der Waals surface area contributed by atoms with Crippen molar-refractivity contribution < 1.29 is 18.9 Å². The summed E-state index contributed by atoms with van der Waals surface area (Å²) in [6.45, 7) is 3.27. The van der Waals surface area contributed by atoms with Crippen LogP contribution in [0, 0.1) is 0 Å². The monoisotopic (exact) mass is 440 g/mol. The minimum atomic E-state index is 0. The van der Waals surface area contributed by atoms with Crippen molar-refractivity contribution in [1.29, 1.82) is 0 Å². The maximum atomic E-state index is 6.13. The van der Waals surface area contributed by atoms with Crippen LogP contribution in [-0.4, -0.2) is 44.6 Å². The van der Waals surface area contributed by atoms with Crippen molar-refractivity contribution in [2.24, 2.45) is 0 Å². The highest BCUT2D eigenvalue weighted by atomic mass is 35.5. The number of unbranched alkanes of at least 4 members (excludes halogenated alkanes) is 3. The molecule has 0 fully saturated rings. The highest BCUT2D eigenvalue weighted by Crippen LogP contribution is 2.38. The lowest BCUT2D eigenvalue weighted by Crippen LogP contribution is -2.11. The largest absolute Gasteiger partial charge is 0.493 e. The van der Waals surface area contributed by atoms with Crippen LogP contribution in [0.3, 0.4) is 0 Å². The molecule has 1 heterocycles. The Hall–Kier alpha value is -2.45. The van der Waals surface area contributed by atoms with Crippen LogP contribution in [0.2, 0.25) is 0 Å². The predicted octanol–water partition coefficient (Wildman–Crippen LogP) is 4.06. The third-order valence-electron chi connectivity index (χ3n) is 4.49. The molecule has 0 atom stereocenters. The van der Waals surface area contributed by atoms with Crippen molar-refractivity contribution in [2.45, 2.75) is 39.0 Å². The van der Waals surface area contributed by atoms with Gasteiger partial charge in [0.05, 0.1) is 21.3 Å². The molecule has 3 N–H and O–H groups in total. The summed E-state index contributed by atoms with van der Waals surface area (Å²) in [6.07, 6.45) is 6.96. The number of nitrogens with one attached hydrogen (secondary N) is 1. The Morgan fingerprint density at radius 3 is 2.27 bits per heavy atom. The molecule has 1 aromatic heterocycles. The highest BCUT2D eigenvalue weighted by molar-refractivity contribution is 5.85. The van der Waals surface area contributed by atoms with Crippen LogP contribution in [-0.2, 0) is 11.2 Å². The van der Waals surface area contributed by atoms with Gasteiger partial charge in [-0.3, -0.25) is 0 Å². The minimum absolute atomic E-state index is 0. The van der Waals surface area contributed by atoms with Gasteiger partial charge in [0, 0.05) is 24.8 Å². The normalized spacial score (nSPS) is 10.3. The van der Waals surface area contributed by atoms with Crippen molar-refractivity contribution in [1.82, 2.24) is 9.97 Å². The summed E-state index contributed by atoms with van der Waals surface area (Å²) < 4.78 is 21.7. The van der Waals surface area contributed by atoms with Crippen molar-refractivity contribution >= 4 is 24.2 Å². The molecule has 0 aliphatic carbocycles. The van der Waals surface area contributed by atoms with Crippen molar-refractivity contribution in [3.8, 4) is 17.2 Å². The van der Waals surface area contributed by atoms with E-state index in [0.717, 1.165) is 24.2 Å². The Labute approximate surface area is 184 Å². The Morgan fingerprint density at radius 2 is 1.70 bits per heavy atom. The molecule has 30 heavy (non-hydrogen) atoms. The van der Waals surface area contributed by atoms with Gasteiger partial charge in [-0.15, -0.1) is 12.4 Å². The number of nitrogens with two attached hydrogens (primary N) is 1. The second-order valence-corrected chi connectivity index (χ2v) is 6.60. The van der Waals surface area contributed by atoms with Gasteiger partial charge in [-0.25, -0.2) is 4.98 Å². The number of hydrogen-bond acceptors (Lipinski definition) is 8. The first-order valence-corrected chi connectivity index (χ1v) is 9.84. The minimum Gasteiger partial charge on any atom is -0.493 e. The molecule has 0 spiro atoms. The van der Waals surface area contributed by atoms with Crippen molar-refractivity contribution in [3.63, 3.8) is 0 Å². The second kappa shape index (κ2) is 13.7. The SMILES string of the molecule is CCCCCCOCNc1ncc(Cc2cc(OC)c(OC)c(OC)c2)c(N)n1.Cl. The van der Waals surface area contributed by atoms with E-state index in [1.54, 1.807) is 27.5 Å². The maximum Gasteiger partial charge on any atom is 0.226 e. The molecular formula is C21H33ClN4O4. The molecule has 1 aromatic carbocycles. The number of anilines is 2. The molecule has 0 aliphatic heterocycles. The van der Waals surface area contributed by atoms with Crippen molar-refractivity contribution in [2.75, 3.05) is 45.7 Å². The van der Waals surface area contributed by atoms with Crippen LogP contribution in [0.1, 0.15) is 43.7 Å². The van der Waals surface area contributed by atoms with Crippen LogP contribution < -0.4 is 25.3 Å². The number of aromatic nitrogens is 2. The summed E-state index contributed by atoms with van der Waals surface area (Å²) in [5, 5.41) is 3.04. The van der Waals surface area contributed by atoms with Gasteiger partial charge in [-0.05, 0) is 24.1 Å². The third kappa shape index (κ3) is 7.42. The van der Waals surface area contributed by atoms with Gasteiger partial charge in [0.2, 0.25) is 11.7 Å². The van der Waals surface area contributed by atoms with E-state index < -0.39 is 0 Å². The van der Waals surface area contributed by atoms with E-state index in [0.29, 0.717) is 42.2 Å². The van der Waals surface area contributed by atoms with Gasteiger partial charge in [0.1, 0.15) is 12.5 Å². The summed E-state index contributed by atoms with van der Waals surface area (Å²) >= 11 is 0. The Bertz CT molecular complexity index is 752. The number of nitrogens with zero attached hydrogens (tertiary/aromatic N) is 2. The predicted molar refractivity (Wildman–Crippen MR) is 121 cm³/mol. The van der Waals surface area contributed by atoms with Gasteiger partial charge in [0.25, 0.3) is 0 Å². The summed E-state index contributed by atoms with van der Waals surface area (Å²) in [4.78, 5) is 8.66. The van der Waals surface area contributed by atoms with E-state index in [-0.39, 0.29) is 12.4 Å². The number of ether oxygens (including phenoxy) is 4. The van der Waals surface area contributed by atoms with E-state index in [9.17, 15) is 0 Å². The molecular weight excluding hydrogens is 408 g/mol. The number of methoxy groups -OCH3 is 3. The zero-order valence-electron chi connectivity index (χ0n) is 18.2. The number of rotatable bonds is 13. The first-order chi connectivity index (χ1) is 14.1. The summed E-state index contributed by atoms with van der Waals surface area (Å²) in [6, 6.07) is 3.78. The lowest BCUT2D eigenvalue weighted by Gasteiger charge is -2.14. The van der Waals surface area contributed by atoms with Crippen LogP contribution >= 0.6 is 12.4 Å². The number of hydrogen-bond donors (Lipinski definition) is 2. The fraction of sp³-hybridized carbons (Fsp3) is 0.524. The van der Waals surface area contributed by atoms with Gasteiger partial charge < -0.3 is 30.0 Å². The lowest BCUT2D eigenvalue weighted by molar-refractivity contribution is 0.147. The van der Waals surface area contributed by atoms with Crippen molar-refractivity contribution in [3.05, 3.63) is 29.5 Å². The Kier molecular flexibility index (Phi) is 11.7. The first kappa shape index (κ1) is 25.6. The zero-order chi connectivity index (χ0) is 21.1. The summed E-state index contributed by atoms with van der Waals surface area (Å²) in [7, 11) is 4.75. The molecule has 168 valence electrons. The topological polar surface area (TPSA) is 101 Å². The molecule has 0 radical (unpaired) electrons. The molecule has 0 amide bonds. The van der Waals surface area contributed by atoms with Gasteiger partial charge in [0.15, 0.2) is 11.5 Å². The van der Waals surface area contributed by atoms with Gasteiger partial charge >= 0.3 is 0 Å². The van der Waals surface area contributed by atoms with Gasteiger partial charge in [-0.1, -0.05) is 26.2 Å². The van der Waals surface area contributed by atoms with E-state index in [2.05, 4.69) is 22.2 Å². The Balaban J connectivity index is 0.00000450. The lowest BCUT2D eigenvalue weighted by atomic mass is 10.1. The van der Waals surface area contributed by atoms with E-state index in [1.807, 2.05) is 12.1 Å². The molecule has 0 bridgehead atoms. The molecule has 0 aliphatic rings. The van der Waals surface area contributed by atoms with E-state index in [1.165, 1.54) is 19.3 Å². The number of benzene rings is 1. The second-order valence-electron chi connectivity index (χ2n) is 6.60. The summed E-state index contributed by atoms with van der Waals surface area (Å²) in [5.74, 6) is 2.60. The fourth-order valence-corrected chi connectivity index (χ4v) is 2.92.